The standard InChI is InChI=1S/C14H17ClN2O3/c1-3-20-9-8-17-12(18)14(2,16-13(17)19)10-4-6-11(15)7-5-10/h4-7H,3,8-9H2,1-2H3,(H,16,19)/t14-/m1/s1. The normalized spacial score (nSPS) is 22.2. The number of nitrogens with zero attached hydrogens (tertiary/aromatic N) is 1. The second-order valence-electron chi connectivity index (χ2n) is 4.72. The molecule has 1 aromatic carbocycles. The van der Waals surface area contributed by atoms with Crippen molar-refractivity contribution in [2.75, 3.05) is 19.8 Å². The zero-order chi connectivity index (χ0) is 14.8. The quantitative estimate of drug-likeness (QED) is 0.669. The molecule has 1 saturated heterocycles. The van der Waals surface area contributed by atoms with E-state index in [2.05, 4.69) is 5.32 Å². The monoisotopic (exact) mass is 296 g/mol. The van der Waals surface area contributed by atoms with E-state index in [1.54, 1.807) is 31.2 Å². The molecule has 2 rings (SSSR count). The highest BCUT2D eigenvalue weighted by molar-refractivity contribution is 6.30. The van der Waals surface area contributed by atoms with Crippen LogP contribution in [0.15, 0.2) is 24.3 Å². The second-order valence-corrected chi connectivity index (χ2v) is 5.15. The van der Waals surface area contributed by atoms with Crippen molar-refractivity contribution >= 4 is 23.5 Å². The van der Waals surface area contributed by atoms with Crippen LogP contribution in [0.4, 0.5) is 4.79 Å². The number of carbonyl (C=O) groups excluding carboxylic acids is 2. The predicted molar refractivity (Wildman–Crippen MR) is 75.5 cm³/mol. The Balaban J connectivity index is 2.19. The summed E-state index contributed by atoms with van der Waals surface area (Å²) in [5.41, 5.74) is -0.340. The molecule has 0 saturated carbocycles. The Morgan fingerprint density at radius 3 is 2.55 bits per heavy atom. The van der Waals surface area contributed by atoms with Crippen LogP contribution in [0.5, 0.6) is 0 Å². The van der Waals surface area contributed by atoms with Gasteiger partial charge in [-0.3, -0.25) is 9.69 Å². The predicted octanol–water partition coefficient (Wildman–Crippen LogP) is 2.14. The lowest BCUT2D eigenvalue weighted by Crippen LogP contribution is -2.41. The summed E-state index contributed by atoms with van der Waals surface area (Å²) in [6.07, 6.45) is 0. The maximum atomic E-state index is 12.5. The van der Waals surface area contributed by atoms with Gasteiger partial charge in [0.2, 0.25) is 0 Å². The number of halogens is 1. The van der Waals surface area contributed by atoms with Crippen molar-refractivity contribution in [3.8, 4) is 0 Å². The van der Waals surface area contributed by atoms with Gasteiger partial charge in [-0.2, -0.15) is 0 Å². The number of benzene rings is 1. The van der Waals surface area contributed by atoms with Gasteiger partial charge in [0.05, 0.1) is 13.2 Å². The Hall–Kier alpha value is -1.59. The van der Waals surface area contributed by atoms with Crippen molar-refractivity contribution in [3.63, 3.8) is 0 Å². The van der Waals surface area contributed by atoms with Gasteiger partial charge in [0.15, 0.2) is 0 Å². The lowest BCUT2D eigenvalue weighted by molar-refractivity contribution is -0.131. The number of imide groups is 1. The van der Waals surface area contributed by atoms with E-state index in [4.69, 9.17) is 16.3 Å². The van der Waals surface area contributed by atoms with Gasteiger partial charge < -0.3 is 10.1 Å². The van der Waals surface area contributed by atoms with Crippen LogP contribution in [-0.4, -0.2) is 36.6 Å². The Morgan fingerprint density at radius 1 is 1.30 bits per heavy atom. The minimum absolute atomic E-state index is 0.252. The van der Waals surface area contributed by atoms with E-state index in [9.17, 15) is 9.59 Å². The van der Waals surface area contributed by atoms with Crippen LogP contribution in [0, 0.1) is 0 Å². The van der Waals surface area contributed by atoms with Crippen molar-refractivity contribution < 1.29 is 14.3 Å². The van der Waals surface area contributed by atoms with E-state index in [-0.39, 0.29) is 12.5 Å². The Bertz CT molecular complexity index is 518. The Labute approximate surface area is 122 Å². The summed E-state index contributed by atoms with van der Waals surface area (Å²) < 4.78 is 5.19. The lowest BCUT2D eigenvalue weighted by atomic mass is 9.92. The van der Waals surface area contributed by atoms with Gasteiger partial charge in [-0.25, -0.2) is 4.79 Å². The fourth-order valence-corrected chi connectivity index (χ4v) is 2.31. The third-order valence-electron chi connectivity index (χ3n) is 3.36. The molecule has 1 aliphatic heterocycles. The summed E-state index contributed by atoms with van der Waals surface area (Å²) >= 11 is 5.84. The number of amides is 3. The van der Waals surface area contributed by atoms with Crippen LogP contribution < -0.4 is 5.32 Å². The average molecular weight is 297 g/mol. The summed E-state index contributed by atoms with van der Waals surface area (Å²) in [6.45, 7) is 4.70. The molecule has 1 aromatic rings. The highest BCUT2D eigenvalue weighted by atomic mass is 35.5. The van der Waals surface area contributed by atoms with Crippen LogP contribution in [-0.2, 0) is 15.1 Å². The molecule has 0 radical (unpaired) electrons. The first-order valence-electron chi connectivity index (χ1n) is 6.47. The molecule has 1 fully saturated rings. The highest BCUT2D eigenvalue weighted by Gasteiger charge is 2.48. The summed E-state index contributed by atoms with van der Waals surface area (Å²) in [5, 5.41) is 3.32. The van der Waals surface area contributed by atoms with E-state index in [1.165, 1.54) is 4.90 Å². The van der Waals surface area contributed by atoms with Gasteiger partial charge in [0.25, 0.3) is 5.91 Å². The van der Waals surface area contributed by atoms with Crippen LogP contribution in [0.25, 0.3) is 0 Å². The fraction of sp³-hybridized carbons (Fsp3) is 0.429. The van der Waals surface area contributed by atoms with E-state index in [0.717, 1.165) is 0 Å². The van der Waals surface area contributed by atoms with E-state index >= 15 is 0 Å². The van der Waals surface area contributed by atoms with Crippen molar-refractivity contribution in [2.24, 2.45) is 0 Å². The summed E-state index contributed by atoms with van der Waals surface area (Å²) in [7, 11) is 0. The zero-order valence-electron chi connectivity index (χ0n) is 11.5. The number of carbonyl (C=O) groups is 2. The van der Waals surface area contributed by atoms with Gasteiger partial charge in [-0.15, -0.1) is 0 Å². The van der Waals surface area contributed by atoms with Crippen LogP contribution in [0.1, 0.15) is 19.4 Å². The van der Waals surface area contributed by atoms with Gasteiger partial charge in [0.1, 0.15) is 5.54 Å². The molecular weight excluding hydrogens is 280 g/mol. The molecular formula is C14H17ClN2O3. The maximum Gasteiger partial charge on any atom is 0.325 e. The fourth-order valence-electron chi connectivity index (χ4n) is 2.18. The van der Waals surface area contributed by atoms with Crippen molar-refractivity contribution in [3.05, 3.63) is 34.9 Å². The number of ether oxygens (including phenoxy) is 1. The number of nitrogens with one attached hydrogen (secondary N) is 1. The van der Waals surface area contributed by atoms with E-state index in [0.29, 0.717) is 23.8 Å². The molecule has 0 unspecified atom stereocenters. The second kappa shape index (κ2) is 5.81. The van der Waals surface area contributed by atoms with Crippen molar-refractivity contribution in [1.29, 1.82) is 0 Å². The van der Waals surface area contributed by atoms with Gasteiger partial charge in [-0.05, 0) is 31.5 Å². The smallest absolute Gasteiger partial charge is 0.325 e. The molecule has 20 heavy (non-hydrogen) atoms. The molecule has 1 atom stereocenters. The molecule has 1 heterocycles. The Kier molecular flexibility index (Phi) is 4.30. The number of hydrogen-bond donors (Lipinski definition) is 1. The van der Waals surface area contributed by atoms with Crippen LogP contribution >= 0.6 is 11.6 Å². The molecule has 0 spiro atoms. The molecule has 3 amide bonds. The molecule has 0 aliphatic carbocycles. The topological polar surface area (TPSA) is 58.6 Å². The van der Waals surface area contributed by atoms with Crippen LogP contribution in [0.3, 0.4) is 0 Å². The number of urea groups is 1. The third-order valence-corrected chi connectivity index (χ3v) is 3.61. The van der Waals surface area contributed by atoms with E-state index in [1.807, 2.05) is 6.92 Å². The molecule has 1 N–H and O–H groups in total. The molecule has 1 aliphatic rings. The SMILES string of the molecule is CCOCCN1C(=O)N[C@](C)(c2ccc(Cl)cc2)C1=O. The minimum atomic E-state index is -1.05. The number of rotatable bonds is 5. The van der Waals surface area contributed by atoms with Crippen LogP contribution in [0.2, 0.25) is 5.02 Å². The van der Waals surface area contributed by atoms with Crippen molar-refractivity contribution in [2.45, 2.75) is 19.4 Å². The molecule has 0 aromatic heterocycles. The zero-order valence-corrected chi connectivity index (χ0v) is 12.2. The average Bonchev–Trinajstić information content (AvgIpc) is 2.64. The number of hydrogen-bond acceptors (Lipinski definition) is 3. The summed E-state index contributed by atoms with van der Waals surface area (Å²) in [5.74, 6) is -0.274. The summed E-state index contributed by atoms with van der Waals surface area (Å²) in [6, 6.07) is 6.49. The first-order valence-corrected chi connectivity index (χ1v) is 6.84. The maximum absolute atomic E-state index is 12.5. The minimum Gasteiger partial charge on any atom is -0.380 e. The molecule has 6 heteroatoms. The first kappa shape index (κ1) is 14.8. The largest absolute Gasteiger partial charge is 0.380 e. The third kappa shape index (κ3) is 2.64. The molecule has 108 valence electrons. The van der Waals surface area contributed by atoms with Gasteiger partial charge in [0, 0.05) is 11.6 Å². The molecule has 5 nitrogen and oxygen atoms in total. The summed E-state index contributed by atoms with van der Waals surface area (Å²) in [4.78, 5) is 25.6. The first-order chi connectivity index (χ1) is 9.49. The lowest BCUT2D eigenvalue weighted by Gasteiger charge is -2.22. The highest BCUT2D eigenvalue weighted by Crippen LogP contribution is 2.29. The molecule has 0 bridgehead atoms. The van der Waals surface area contributed by atoms with Gasteiger partial charge >= 0.3 is 6.03 Å². The van der Waals surface area contributed by atoms with E-state index < -0.39 is 11.6 Å². The Morgan fingerprint density at radius 2 is 1.95 bits per heavy atom. The van der Waals surface area contributed by atoms with Gasteiger partial charge in [-0.1, -0.05) is 23.7 Å². The van der Waals surface area contributed by atoms with Crippen molar-refractivity contribution in [1.82, 2.24) is 10.2 Å².